The minimum Gasteiger partial charge on any atom is -0.391 e. The summed E-state index contributed by atoms with van der Waals surface area (Å²) < 4.78 is 12.6. The van der Waals surface area contributed by atoms with Crippen LogP contribution in [0.2, 0.25) is 6.55 Å². The smallest absolute Gasteiger partial charge is 0.361 e. The molecular weight excluding hydrogens is 360 g/mol. The summed E-state index contributed by atoms with van der Waals surface area (Å²) in [5.41, 5.74) is 1.97. The third-order valence-corrected chi connectivity index (χ3v) is 7.95. The van der Waals surface area contributed by atoms with Gasteiger partial charge in [0.1, 0.15) is 0 Å². The van der Waals surface area contributed by atoms with Crippen molar-refractivity contribution in [3.8, 4) is 0 Å². The van der Waals surface area contributed by atoms with Crippen molar-refractivity contribution < 1.29 is 8.85 Å². The molecule has 0 aromatic heterocycles. The predicted molar refractivity (Wildman–Crippen MR) is 128 cm³/mol. The van der Waals surface area contributed by atoms with Crippen LogP contribution in [0.5, 0.6) is 0 Å². The zero-order valence-electron chi connectivity index (χ0n) is 19.9. The minimum absolute atomic E-state index is 0.344. The van der Waals surface area contributed by atoms with Crippen molar-refractivity contribution in [1.82, 2.24) is 0 Å². The lowest BCUT2D eigenvalue weighted by atomic mass is 10.0. The predicted octanol–water partition coefficient (Wildman–Crippen LogP) is 8.88. The second-order valence-corrected chi connectivity index (χ2v) is 11.6. The first kappa shape index (κ1) is 27.9. The number of rotatable bonds is 22. The van der Waals surface area contributed by atoms with Gasteiger partial charge in [-0.05, 0) is 31.5 Å². The Hall–Kier alpha value is -0.123. The van der Waals surface area contributed by atoms with Crippen molar-refractivity contribution in [1.29, 1.82) is 0 Å². The molecule has 0 N–H and O–H groups in total. The summed E-state index contributed by atoms with van der Waals surface area (Å²) in [6.45, 7) is 13.7. The molecule has 0 amide bonds. The molecule has 0 aromatic carbocycles. The number of hydrogen-bond acceptors (Lipinski definition) is 2. The molecule has 0 spiro atoms. The van der Waals surface area contributed by atoms with Gasteiger partial charge in [0, 0.05) is 12.7 Å². The fourth-order valence-corrected chi connectivity index (χ4v) is 5.50. The van der Waals surface area contributed by atoms with Crippen molar-refractivity contribution in [3.05, 3.63) is 12.3 Å². The van der Waals surface area contributed by atoms with E-state index in [1.54, 1.807) is 0 Å². The largest absolute Gasteiger partial charge is 0.391 e. The molecule has 28 heavy (non-hydrogen) atoms. The summed E-state index contributed by atoms with van der Waals surface area (Å²) in [5, 5.41) is 0. The Morgan fingerprint density at radius 2 is 1.11 bits per heavy atom. The zero-order valence-corrected chi connectivity index (χ0v) is 20.9. The molecule has 0 saturated heterocycles. The van der Waals surface area contributed by atoms with Crippen molar-refractivity contribution in [2.45, 2.75) is 143 Å². The summed E-state index contributed by atoms with van der Waals surface area (Å²) in [4.78, 5) is 0. The topological polar surface area (TPSA) is 18.5 Å². The van der Waals surface area contributed by atoms with Crippen LogP contribution in [0.1, 0.15) is 130 Å². The Kier molecular flexibility index (Phi) is 20.1. The van der Waals surface area contributed by atoms with Gasteiger partial charge in [0.05, 0.1) is 0 Å². The second-order valence-electron chi connectivity index (χ2n) is 8.63. The van der Waals surface area contributed by atoms with Crippen molar-refractivity contribution in [2.75, 3.05) is 6.61 Å². The van der Waals surface area contributed by atoms with E-state index in [9.17, 15) is 0 Å². The van der Waals surface area contributed by atoms with E-state index in [1.165, 1.54) is 89.9 Å². The first-order valence-electron chi connectivity index (χ1n) is 12.6. The van der Waals surface area contributed by atoms with Crippen LogP contribution in [-0.4, -0.2) is 21.3 Å². The fraction of sp³-hybridized carbons (Fsp3) is 0.920. The van der Waals surface area contributed by atoms with Crippen LogP contribution >= 0.6 is 0 Å². The normalized spacial score (nSPS) is 13.8. The Balaban J connectivity index is 3.62. The summed E-state index contributed by atoms with van der Waals surface area (Å²) in [5.74, 6) is 0. The van der Waals surface area contributed by atoms with E-state index in [1.807, 2.05) is 5.70 Å². The van der Waals surface area contributed by atoms with Gasteiger partial charge >= 0.3 is 8.56 Å². The lowest BCUT2D eigenvalue weighted by Gasteiger charge is -2.29. The molecule has 3 heteroatoms. The lowest BCUT2D eigenvalue weighted by Crippen LogP contribution is -2.41. The van der Waals surface area contributed by atoms with Crippen molar-refractivity contribution >= 4 is 8.56 Å². The van der Waals surface area contributed by atoms with Crippen LogP contribution in [0.4, 0.5) is 0 Å². The van der Waals surface area contributed by atoms with Gasteiger partial charge < -0.3 is 8.85 Å². The summed E-state index contributed by atoms with van der Waals surface area (Å²) >= 11 is 0. The van der Waals surface area contributed by atoms with Crippen molar-refractivity contribution in [2.24, 2.45) is 0 Å². The van der Waals surface area contributed by atoms with Crippen molar-refractivity contribution in [3.63, 3.8) is 0 Å². The number of hydrogen-bond donors (Lipinski definition) is 0. The third-order valence-electron chi connectivity index (χ3n) is 5.63. The highest BCUT2D eigenvalue weighted by Crippen LogP contribution is 2.19. The summed E-state index contributed by atoms with van der Waals surface area (Å²) in [6.07, 6.45) is 22.9. The van der Waals surface area contributed by atoms with Crippen LogP contribution in [0.15, 0.2) is 12.3 Å². The quantitative estimate of drug-likeness (QED) is 0.130. The molecule has 0 aliphatic carbocycles. The average Bonchev–Trinajstić information content (AvgIpc) is 2.68. The van der Waals surface area contributed by atoms with Crippen LogP contribution in [0.3, 0.4) is 0 Å². The van der Waals surface area contributed by atoms with Gasteiger partial charge in [0.25, 0.3) is 0 Å². The second kappa shape index (κ2) is 20.2. The molecule has 0 aromatic rings. The monoisotopic (exact) mass is 412 g/mol. The van der Waals surface area contributed by atoms with E-state index in [4.69, 9.17) is 8.85 Å². The highest BCUT2D eigenvalue weighted by molar-refractivity contribution is 6.71. The van der Waals surface area contributed by atoms with E-state index in [2.05, 4.69) is 33.9 Å². The third kappa shape index (κ3) is 16.8. The molecule has 0 rings (SSSR count). The van der Waals surface area contributed by atoms with Gasteiger partial charge in [-0.15, -0.1) is 6.58 Å². The highest BCUT2D eigenvalue weighted by atomic mass is 28.4. The van der Waals surface area contributed by atoms with Crippen LogP contribution < -0.4 is 0 Å². The SMILES string of the molecule is C=C[Si](C)(OCCCCCCCCCCCCCCC)OC(CCC)CCC. The van der Waals surface area contributed by atoms with E-state index >= 15 is 0 Å². The number of unbranched alkanes of at least 4 members (excludes halogenated alkanes) is 12. The molecule has 0 heterocycles. The molecule has 1 atom stereocenters. The molecule has 0 aliphatic heterocycles. The van der Waals surface area contributed by atoms with E-state index < -0.39 is 8.56 Å². The minimum atomic E-state index is -2.20. The van der Waals surface area contributed by atoms with E-state index in [0.717, 1.165) is 25.9 Å². The maximum Gasteiger partial charge on any atom is 0.361 e. The Morgan fingerprint density at radius 3 is 1.50 bits per heavy atom. The van der Waals surface area contributed by atoms with Crippen LogP contribution in [-0.2, 0) is 8.85 Å². The van der Waals surface area contributed by atoms with Gasteiger partial charge in [-0.25, -0.2) is 0 Å². The maximum absolute atomic E-state index is 6.38. The van der Waals surface area contributed by atoms with Crippen LogP contribution in [0.25, 0.3) is 0 Å². The molecule has 0 bridgehead atoms. The fourth-order valence-electron chi connectivity index (χ4n) is 3.77. The van der Waals surface area contributed by atoms with E-state index in [-0.39, 0.29) is 0 Å². The maximum atomic E-state index is 6.38. The Bertz CT molecular complexity index is 329. The Morgan fingerprint density at radius 1 is 0.679 bits per heavy atom. The summed E-state index contributed by atoms with van der Waals surface area (Å²) in [6, 6.07) is 0. The standard InChI is InChI=1S/C25H52O2Si/c1-6-10-11-12-13-14-15-16-17-18-19-20-21-24-26-28(5,9-4)27-25(22-7-2)23-8-3/h9,25H,4,6-8,10-24H2,1-3,5H3. The molecule has 0 aliphatic rings. The lowest BCUT2D eigenvalue weighted by molar-refractivity contribution is 0.109. The average molecular weight is 413 g/mol. The van der Waals surface area contributed by atoms with Gasteiger partial charge in [0.15, 0.2) is 0 Å². The summed E-state index contributed by atoms with van der Waals surface area (Å²) in [7, 11) is -2.20. The molecule has 2 nitrogen and oxygen atoms in total. The molecule has 0 radical (unpaired) electrons. The molecular formula is C25H52O2Si. The van der Waals surface area contributed by atoms with Crippen LogP contribution in [0, 0.1) is 0 Å². The first-order valence-corrected chi connectivity index (χ1v) is 15.0. The molecule has 1 unspecified atom stereocenters. The Labute approximate surface area is 179 Å². The zero-order chi connectivity index (χ0) is 20.9. The van der Waals surface area contributed by atoms with E-state index in [0.29, 0.717) is 6.10 Å². The van der Waals surface area contributed by atoms with Gasteiger partial charge in [-0.3, -0.25) is 0 Å². The molecule has 0 fully saturated rings. The first-order chi connectivity index (χ1) is 13.6. The van der Waals surface area contributed by atoms with Gasteiger partial charge in [-0.1, -0.05) is 111 Å². The van der Waals surface area contributed by atoms with Gasteiger partial charge in [0.2, 0.25) is 0 Å². The van der Waals surface area contributed by atoms with Gasteiger partial charge in [-0.2, -0.15) is 0 Å². The highest BCUT2D eigenvalue weighted by Gasteiger charge is 2.30. The molecule has 0 saturated carbocycles. The molecule has 168 valence electrons.